The lowest BCUT2D eigenvalue weighted by atomic mass is 9.99. The van der Waals surface area contributed by atoms with Crippen LogP contribution in [0.1, 0.15) is 28.4 Å². The lowest BCUT2D eigenvalue weighted by molar-refractivity contribution is -0.138. The number of aromatic nitrogens is 1. The molecule has 2 heterocycles. The molecule has 3 nitrogen and oxygen atoms in total. The minimum absolute atomic E-state index is 0.209. The molecule has 2 N–H and O–H groups in total. The topological polar surface area (TPSA) is 42.1 Å². The molecule has 1 aliphatic rings. The predicted octanol–water partition coefficient (Wildman–Crippen LogP) is 3.12. The Morgan fingerprint density at radius 2 is 2.00 bits per heavy atom. The van der Waals surface area contributed by atoms with Crippen LogP contribution in [0.5, 0.6) is 0 Å². The van der Waals surface area contributed by atoms with Crippen molar-refractivity contribution >= 4 is 0 Å². The summed E-state index contributed by atoms with van der Waals surface area (Å²) in [5.41, 5.74) is 7.08. The molecule has 0 saturated heterocycles. The Kier molecular flexibility index (Phi) is 3.88. The van der Waals surface area contributed by atoms with Crippen molar-refractivity contribution in [1.29, 1.82) is 0 Å². The fourth-order valence-electron chi connectivity index (χ4n) is 3.01. The van der Waals surface area contributed by atoms with Crippen LogP contribution >= 0.6 is 0 Å². The molecule has 0 bridgehead atoms. The number of rotatable bonds is 3. The highest BCUT2D eigenvalue weighted by atomic mass is 19.4. The van der Waals surface area contributed by atoms with Gasteiger partial charge in [-0.3, -0.25) is 9.88 Å². The number of halogens is 3. The summed E-state index contributed by atoms with van der Waals surface area (Å²) in [5.74, 6) is 0. The van der Waals surface area contributed by atoms with Crippen molar-refractivity contribution < 1.29 is 13.2 Å². The Morgan fingerprint density at radius 3 is 2.64 bits per heavy atom. The molecule has 0 radical (unpaired) electrons. The van der Waals surface area contributed by atoms with Crippen LogP contribution in [0.2, 0.25) is 0 Å². The lowest BCUT2D eigenvalue weighted by Gasteiger charge is -2.23. The highest BCUT2D eigenvalue weighted by molar-refractivity contribution is 5.42. The molecule has 1 aromatic carbocycles. The molecule has 1 unspecified atom stereocenters. The highest BCUT2D eigenvalue weighted by Crippen LogP contribution is 2.41. The zero-order valence-electron chi connectivity index (χ0n) is 11.8. The summed E-state index contributed by atoms with van der Waals surface area (Å²) in [5, 5.41) is 0. The number of hydrogen-bond acceptors (Lipinski definition) is 3. The fourth-order valence-corrected chi connectivity index (χ4v) is 3.01. The SMILES string of the molecule is NCC1c2cccc(C(F)(F)F)c2CN1Cc1ccccn1. The van der Waals surface area contributed by atoms with Crippen LogP contribution in [0, 0.1) is 0 Å². The maximum absolute atomic E-state index is 13.2. The molecule has 0 amide bonds. The van der Waals surface area contributed by atoms with E-state index in [1.807, 2.05) is 23.1 Å². The normalized spacial score (nSPS) is 18.5. The van der Waals surface area contributed by atoms with Gasteiger partial charge in [0.25, 0.3) is 0 Å². The standard InChI is InChI=1S/C16H16F3N3/c17-16(18,19)14-6-3-5-12-13(14)10-22(15(12)8-20)9-11-4-1-2-7-21-11/h1-7,15H,8-10,20H2. The van der Waals surface area contributed by atoms with Gasteiger partial charge in [-0.15, -0.1) is 0 Å². The number of fused-ring (bicyclic) bond motifs is 1. The van der Waals surface area contributed by atoms with Crippen LogP contribution in [-0.2, 0) is 19.3 Å². The van der Waals surface area contributed by atoms with Crippen LogP contribution in [0.4, 0.5) is 13.2 Å². The van der Waals surface area contributed by atoms with E-state index in [-0.39, 0.29) is 19.1 Å². The van der Waals surface area contributed by atoms with Gasteiger partial charge in [0.1, 0.15) is 0 Å². The van der Waals surface area contributed by atoms with Gasteiger partial charge in [0.2, 0.25) is 0 Å². The van der Waals surface area contributed by atoms with Crippen molar-refractivity contribution in [1.82, 2.24) is 9.88 Å². The average molecular weight is 307 g/mol. The van der Waals surface area contributed by atoms with E-state index in [2.05, 4.69) is 4.98 Å². The van der Waals surface area contributed by atoms with Crippen molar-refractivity contribution in [3.8, 4) is 0 Å². The van der Waals surface area contributed by atoms with Crippen molar-refractivity contribution in [2.24, 2.45) is 5.73 Å². The Morgan fingerprint density at radius 1 is 1.18 bits per heavy atom. The third-order valence-corrected chi connectivity index (χ3v) is 3.99. The number of nitrogens with two attached hydrogens (primary N) is 1. The Hall–Kier alpha value is -1.92. The van der Waals surface area contributed by atoms with E-state index >= 15 is 0 Å². The largest absolute Gasteiger partial charge is 0.416 e. The molecule has 116 valence electrons. The summed E-state index contributed by atoms with van der Waals surface area (Å²) in [7, 11) is 0. The van der Waals surface area contributed by atoms with Crippen LogP contribution in [-0.4, -0.2) is 16.4 Å². The van der Waals surface area contributed by atoms with Gasteiger partial charge in [0, 0.05) is 31.9 Å². The van der Waals surface area contributed by atoms with Gasteiger partial charge in [0.05, 0.1) is 11.3 Å². The van der Waals surface area contributed by atoms with Gasteiger partial charge in [-0.25, -0.2) is 0 Å². The van der Waals surface area contributed by atoms with Gasteiger partial charge in [-0.1, -0.05) is 18.2 Å². The predicted molar refractivity (Wildman–Crippen MR) is 76.7 cm³/mol. The summed E-state index contributed by atoms with van der Waals surface area (Å²) in [4.78, 5) is 6.19. The second kappa shape index (κ2) is 5.70. The molecule has 0 aliphatic carbocycles. The second-order valence-corrected chi connectivity index (χ2v) is 5.35. The Labute approximate surface area is 126 Å². The molecule has 1 aromatic heterocycles. The lowest BCUT2D eigenvalue weighted by Crippen LogP contribution is -2.27. The van der Waals surface area contributed by atoms with Gasteiger partial charge in [-0.05, 0) is 29.3 Å². The molecule has 0 fully saturated rings. The minimum Gasteiger partial charge on any atom is -0.329 e. The first-order valence-electron chi connectivity index (χ1n) is 7.03. The number of pyridine rings is 1. The van der Waals surface area contributed by atoms with Crippen molar-refractivity contribution in [3.05, 3.63) is 65.0 Å². The van der Waals surface area contributed by atoms with Crippen molar-refractivity contribution in [2.45, 2.75) is 25.3 Å². The molecule has 2 aromatic rings. The minimum atomic E-state index is -4.34. The van der Waals surface area contributed by atoms with Gasteiger partial charge < -0.3 is 5.73 Å². The van der Waals surface area contributed by atoms with Crippen LogP contribution in [0.25, 0.3) is 0 Å². The summed E-state index contributed by atoms with van der Waals surface area (Å²) >= 11 is 0. The van der Waals surface area contributed by atoms with E-state index < -0.39 is 11.7 Å². The average Bonchev–Trinajstić information content (AvgIpc) is 2.84. The fraction of sp³-hybridized carbons (Fsp3) is 0.312. The summed E-state index contributed by atoms with van der Waals surface area (Å²) in [6.07, 6.45) is -2.66. The first kappa shape index (κ1) is 15.0. The van der Waals surface area contributed by atoms with E-state index in [9.17, 15) is 13.2 Å². The quantitative estimate of drug-likeness (QED) is 0.947. The van der Waals surface area contributed by atoms with Gasteiger partial charge >= 0.3 is 6.18 Å². The Balaban J connectivity index is 1.94. The second-order valence-electron chi connectivity index (χ2n) is 5.35. The third-order valence-electron chi connectivity index (χ3n) is 3.99. The summed E-state index contributed by atoms with van der Waals surface area (Å²) in [6, 6.07) is 9.65. The van der Waals surface area contributed by atoms with E-state index in [4.69, 9.17) is 5.73 Å². The molecule has 1 aliphatic heterocycles. The van der Waals surface area contributed by atoms with Crippen LogP contribution in [0.3, 0.4) is 0 Å². The molecule has 22 heavy (non-hydrogen) atoms. The zero-order valence-corrected chi connectivity index (χ0v) is 11.8. The van der Waals surface area contributed by atoms with Gasteiger partial charge in [0.15, 0.2) is 0 Å². The van der Waals surface area contributed by atoms with E-state index in [0.717, 1.165) is 11.8 Å². The van der Waals surface area contributed by atoms with E-state index in [1.54, 1.807) is 12.3 Å². The molecule has 3 rings (SSSR count). The van der Waals surface area contributed by atoms with Crippen molar-refractivity contribution in [2.75, 3.05) is 6.54 Å². The summed E-state index contributed by atoms with van der Waals surface area (Å²) < 4.78 is 39.5. The molecular formula is C16H16F3N3. The van der Waals surface area contributed by atoms with E-state index in [1.165, 1.54) is 6.07 Å². The van der Waals surface area contributed by atoms with Crippen LogP contribution in [0.15, 0.2) is 42.6 Å². The molecule has 0 spiro atoms. The number of alkyl halides is 3. The Bertz CT molecular complexity index is 655. The summed E-state index contributed by atoms with van der Waals surface area (Å²) in [6.45, 7) is 0.999. The highest BCUT2D eigenvalue weighted by Gasteiger charge is 2.39. The zero-order chi connectivity index (χ0) is 15.7. The van der Waals surface area contributed by atoms with E-state index in [0.29, 0.717) is 17.7 Å². The number of hydrogen-bond donors (Lipinski definition) is 1. The molecular weight excluding hydrogens is 291 g/mol. The monoisotopic (exact) mass is 307 g/mol. The molecule has 1 atom stereocenters. The van der Waals surface area contributed by atoms with Crippen molar-refractivity contribution in [3.63, 3.8) is 0 Å². The van der Waals surface area contributed by atoms with Crippen LogP contribution < -0.4 is 5.73 Å². The smallest absolute Gasteiger partial charge is 0.329 e. The first-order valence-corrected chi connectivity index (χ1v) is 7.03. The molecule has 6 heteroatoms. The number of benzene rings is 1. The molecule has 0 saturated carbocycles. The first-order chi connectivity index (χ1) is 10.5. The van der Waals surface area contributed by atoms with Gasteiger partial charge in [-0.2, -0.15) is 13.2 Å². The number of nitrogens with zero attached hydrogens (tertiary/aromatic N) is 2. The maximum atomic E-state index is 13.2. The maximum Gasteiger partial charge on any atom is 0.416 e. The third kappa shape index (κ3) is 2.71.